The Balaban J connectivity index is 1.59. The molecule has 0 amide bonds. The number of fused-ring (bicyclic) bond motifs is 2. The maximum absolute atomic E-state index is 12.3. The van der Waals surface area contributed by atoms with Crippen LogP contribution in [0, 0.1) is 0 Å². The average Bonchev–Trinajstić information content (AvgIpc) is 3.09. The molecular formula is C18H12N2O4S. The van der Waals surface area contributed by atoms with Gasteiger partial charge in [-0.2, -0.15) is 0 Å². The summed E-state index contributed by atoms with van der Waals surface area (Å²) in [5.41, 5.74) is 0.366. The van der Waals surface area contributed by atoms with E-state index in [0.717, 1.165) is 5.39 Å². The smallest absolute Gasteiger partial charge is 0.342 e. The summed E-state index contributed by atoms with van der Waals surface area (Å²) in [4.78, 5) is 31.0. The number of carbonyl (C=O) groups is 1. The predicted molar refractivity (Wildman–Crippen MR) is 95.0 cm³/mol. The average molecular weight is 352 g/mol. The number of nitrogens with one attached hydrogen (secondary N) is 1. The highest BCUT2D eigenvalue weighted by molar-refractivity contribution is 7.17. The van der Waals surface area contributed by atoms with Crippen molar-refractivity contribution in [2.24, 2.45) is 0 Å². The molecule has 2 aromatic carbocycles. The van der Waals surface area contributed by atoms with Crippen molar-refractivity contribution in [3.8, 4) is 5.75 Å². The second-order valence-corrected chi connectivity index (χ2v) is 6.32. The molecule has 2 heterocycles. The molecule has 0 aliphatic heterocycles. The van der Waals surface area contributed by atoms with Gasteiger partial charge in [0.25, 0.3) is 5.56 Å². The Hall–Kier alpha value is -3.19. The molecule has 25 heavy (non-hydrogen) atoms. The van der Waals surface area contributed by atoms with Crippen LogP contribution in [0.3, 0.4) is 0 Å². The Morgan fingerprint density at radius 3 is 2.92 bits per heavy atom. The number of nitrogens with zero attached hydrogens (tertiary/aromatic N) is 1. The van der Waals surface area contributed by atoms with Crippen LogP contribution in [0.25, 0.3) is 21.0 Å². The lowest BCUT2D eigenvalue weighted by atomic mass is 10.1. The number of esters is 1. The predicted octanol–water partition coefficient (Wildman–Crippen LogP) is 3.20. The van der Waals surface area contributed by atoms with Gasteiger partial charge in [0.05, 0.1) is 5.52 Å². The first-order chi connectivity index (χ1) is 12.1. The lowest BCUT2D eigenvalue weighted by Gasteiger charge is -2.08. The summed E-state index contributed by atoms with van der Waals surface area (Å²) in [5.74, 6) is -0.557. The summed E-state index contributed by atoms with van der Waals surface area (Å²) in [6, 6.07) is 12.2. The van der Waals surface area contributed by atoms with E-state index in [0.29, 0.717) is 15.6 Å². The third-order valence-electron chi connectivity index (χ3n) is 3.82. The molecule has 0 bridgehead atoms. The van der Waals surface area contributed by atoms with Crippen LogP contribution in [0.15, 0.2) is 52.6 Å². The number of phenols is 1. The molecule has 0 saturated carbocycles. The molecule has 0 saturated heterocycles. The Kier molecular flexibility index (Phi) is 3.70. The fourth-order valence-corrected chi connectivity index (χ4v) is 3.35. The van der Waals surface area contributed by atoms with E-state index in [2.05, 4.69) is 9.97 Å². The largest absolute Gasteiger partial charge is 0.506 e. The minimum atomic E-state index is -0.684. The van der Waals surface area contributed by atoms with Crippen LogP contribution in [-0.2, 0) is 11.3 Å². The van der Waals surface area contributed by atoms with Gasteiger partial charge in [-0.15, -0.1) is 11.3 Å². The summed E-state index contributed by atoms with van der Waals surface area (Å²) in [7, 11) is 0. The number of H-pyrrole nitrogens is 1. The van der Waals surface area contributed by atoms with Crippen molar-refractivity contribution in [3.63, 3.8) is 0 Å². The number of aromatic hydroxyl groups is 1. The van der Waals surface area contributed by atoms with Gasteiger partial charge >= 0.3 is 5.97 Å². The first-order valence-corrected chi connectivity index (χ1v) is 8.35. The van der Waals surface area contributed by atoms with Gasteiger partial charge in [-0.25, -0.2) is 9.78 Å². The number of aromatic amines is 1. The van der Waals surface area contributed by atoms with Crippen LogP contribution in [0.2, 0.25) is 0 Å². The zero-order chi connectivity index (χ0) is 17.4. The van der Waals surface area contributed by atoms with E-state index in [-0.39, 0.29) is 29.3 Å². The van der Waals surface area contributed by atoms with E-state index in [9.17, 15) is 14.7 Å². The van der Waals surface area contributed by atoms with E-state index >= 15 is 0 Å². The van der Waals surface area contributed by atoms with Gasteiger partial charge in [0.1, 0.15) is 28.4 Å². The Labute approximate surface area is 145 Å². The molecule has 0 spiro atoms. The molecule has 6 nitrogen and oxygen atoms in total. The standard InChI is InChI=1S/C18H12N2O4S/c21-15-11-4-2-1-3-10(11)5-6-12(15)18(23)24-9-14-19-13-7-8-25-16(13)17(22)20-14/h1-8,21H,9H2,(H,19,20,22). The monoisotopic (exact) mass is 352 g/mol. The molecule has 2 aromatic heterocycles. The number of aromatic nitrogens is 2. The highest BCUT2D eigenvalue weighted by Crippen LogP contribution is 2.29. The molecule has 7 heteroatoms. The van der Waals surface area contributed by atoms with E-state index in [1.165, 1.54) is 17.4 Å². The topological polar surface area (TPSA) is 92.3 Å². The first-order valence-electron chi connectivity index (χ1n) is 7.48. The molecule has 4 rings (SSSR count). The lowest BCUT2D eigenvalue weighted by molar-refractivity contribution is 0.0459. The third-order valence-corrected chi connectivity index (χ3v) is 4.73. The van der Waals surface area contributed by atoms with Gasteiger partial charge < -0.3 is 14.8 Å². The molecule has 0 aliphatic carbocycles. The summed E-state index contributed by atoms with van der Waals surface area (Å²) < 4.78 is 5.73. The fraction of sp³-hybridized carbons (Fsp3) is 0.0556. The van der Waals surface area contributed by atoms with Crippen molar-refractivity contribution in [2.75, 3.05) is 0 Å². The molecule has 2 N–H and O–H groups in total. The van der Waals surface area contributed by atoms with E-state index < -0.39 is 5.97 Å². The molecule has 0 aliphatic rings. The van der Waals surface area contributed by atoms with Crippen molar-refractivity contribution in [1.29, 1.82) is 0 Å². The lowest BCUT2D eigenvalue weighted by Crippen LogP contribution is -2.13. The second-order valence-electron chi connectivity index (χ2n) is 5.41. The number of hydrogen-bond donors (Lipinski definition) is 2. The Bertz CT molecular complexity index is 1160. The van der Waals surface area contributed by atoms with Crippen LogP contribution in [0.4, 0.5) is 0 Å². The number of phenolic OH excluding ortho intramolecular Hbond substituents is 1. The van der Waals surface area contributed by atoms with E-state index in [1.54, 1.807) is 29.6 Å². The second kappa shape index (κ2) is 6.03. The number of rotatable bonds is 3. The van der Waals surface area contributed by atoms with Crippen molar-refractivity contribution < 1.29 is 14.6 Å². The Morgan fingerprint density at radius 2 is 2.04 bits per heavy atom. The maximum atomic E-state index is 12.3. The van der Waals surface area contributed by atoms with E-state index in [4.69, 9.17) is 4.74 Å². The number of benzene rings is 2. The van der Waals surface area contributed by atoms with Crippen molar-refractivity contribution >= 4 is 38.3 Å². The van der Waals surface area contributed by atoms with Gasteiger partial charge in [-0.05, 0) is 22.9 Å². The van der Waals surface area contributed by atoms with Gasteiger partial charge in [0.2, 0.25) is 0 Å². The number of carbonyl (C=O) groups excluding carboxylic acids is 1. The van der Waals surface area contributed by atoms with Crippen LogP contribution in [0.1, 0.15) is 16.2 Å². The quantitative estimate of drug-likeness (QED) is 0.552. The molecule has 4 aromatic rings. The number of hydrogen-bond acceptors (Lipinski definition) is 6. The van der Waals surface area contributed by atoms with Crippen LogP contribution >= 0.6 is 11.3 Å². The number of thiophene rings is 1. The van der Waals surface area contributed by atoms with Gasteiger partial charge in [-0.1, -0.05) is 30.3 Å². The molecule has 0 radical (unpaired) electrons. The van der Waals surface area contributed by atoms with Crippen LogP contribution in [0.5, 0.6) is 5.75 Å². The summed E-state index contributed by atoms with van der Waals surface area (Å²) in [6.07, 6.45) is 0. The molecular weight excluding hydrogens is 340 g/mol. The normalized spacial score (nSPS) is 11.0. The van der Waals surface area contributed by atoms with Crippen LogP contribution < -0.4 is 5.56 Å². The van der Waals surface area contributed by atoms with Crippen LogP contribution in [-0.4, -0.2) is 21.0 Å². The third kappa shape index (κ3) is 2.74. The molecule has 0 unspecified atom stereocenters. The zero-order valence-corrected chi connectivity index (χ0v) is 13.7. The van der Waals surface area contributed by atoms with Gasteiger partial charge in [0, 0.05) is 5.39 Å². The fourth-order valence-electron chi connectivity index (χ4n) is 2.62. The number of ether oxygens (including phenoxy) is 1. The highest BCUT2D eigenvalue weighted by Gasteiger charge is 2.16. The minimum absolute atomic E-state index is 0.0673. The highest BCUT2D eigenvalue weighted by atomic mass is 32.1. The summed E-state index contributed by atoms with van der Waals surface area (Å²) >= 11 is 1.30. The Morgan fingerprint density at radius 1 is 1.20 bits per heavy atom. The summed E-state index contributed by atoms with van der Waals surface area (Å²) in [6.45, 7) is -0.188. The zero-order valence-electron chi connectivity index (χ0n) is 12.9. The molecule has 0 fully saturated rings. The van der Waals surface area contributed by atoms with Crippen molar-refractivity contribution in [1.82, 2.24) is 9.97 Å². The van der Waals surface area contributed by atoms with Crippen molar-refractivity contribution in [2.45, 2.75) is 6.61 Å². The first kappa shape index (κ1) is 15.3. The van der Waals surface area contributed by atoms with Gasteiger partial charge in [-0.3, -0.25) is 4.79 Å². The maximum Gasteiger partial charge on any atom is 0.342 e. The van der Waals surface area contributed by atoms with E-state index in [1.807, 2.05) is 12.1 Å². The van der Waals surface area contributed by atoms with Gasteiger partial charge in [0.15, 0.2) is 0 Å². The minimum Gasteiger partial charge on any atom is -0.506 e. The summed E-state index contributed by atoms with van der Waals surface area (Å²) in [5, 5.41) is 13.5. The van der Waals surface area contributed by atoms with Crippen molar-refractivity contribution in [3.05, 3.63) is 69.6 Å². The SMILES string of the molecule is O=C(OCc1nc2ccsc2c(=O)[nH]1)c1ccc2ccccc2c1O. The molecule has 124 valence electrons. The molecule has 0 atom stereocenters.